The molecule has 1 radical (unpaired) electrons. The maximum atomic E-state index is 10.6. The monoisotopic (exact) mass is 185 g/mol. The SMILES string of the molecule is O=C(O)[CH]c1cccc2ccccc12. The fraction of sp³-hybridized carbons (Fsp3) is 0. The van der Waals surface area contributed by atoms with E-state index in [4.69, 9.17) is 5.11 Å². The summed E-state index contributed by atoms with van der Waals surface area (Å²) in [6, 6.07) is 13.4. The van der Waals surface area contributed by atoms with Gasteiger partial charge in [-0.3, -0.25) is 4.79 Å². The quantitative estimate of drug-likeness (QED) is 0.780. The summed E-state index contributed by atoms with van der Waals surface area (Å²) >= 11 is 0. The van der Waals surface area contributed by atoms with Crippen molar-refractivity contribution in [3.8, 4) is 0 Å². The molecule has 0 fully saturated rings. The van der Waals surface area contributed by atoms with Crippen LogP contribution in [-0.2, 0) is 4.79 Å². The molecule has 2 aromatic rings. The van der Waals surface area contributed by atoms with Gasteiger partial charge in [0.05, 0.1) is 6.42 Å². The Labute approximate surface area is 81.8 Å². The molecule has 0 saturated carbocycles. The molecule has 0 amide bonds. The summed E-state index contributed by atoms with van der Waals surface area (Å²) in [7, 11) is 0. The number of aliphatic carboxylic acids is 1. The lowest BCUT2D eigenvalue weighted by molar-refractivity contribution is -0.132. The highest BCUT2D eigenvalue weighted by Crippen LogP contribution is 2.19. The van der Waals surface area contributed by atoms with Crippen LogP contribution >= 0.6 is 0 Å². The topological polar surface area (TPSA) is 37.3 Å². The van der Waals surface area contributed by atoms with E-state index in [1.807, 2.05) is 36.4 Å². The lowest BCUT2D eigenvalue weighted by Gasteiger charge is -2.02. The summed E-state index contributed by atoms with van der Waals surface area (Å²) < 4.78 is 0. The van der Waals surface area contributed by atoms with Gasteiger partial charge in [0.25, 0.3) is 0 Å². The average Bonchev–Trinajstić information content (AvgIpc) is 2.18. The predicted molar refractivity (Wildman–Crippen MR) is 55.0 cm³/mol. The first-order valence-corrected chi connectivity index (χ1v) is 4.33. The Morgan fingerprint density at radius 3 is 2.57 bits per heavy atom. The second-order valence-corrected chi connectivity index (χ2v) is 3.05. The van der Waals surface area contributed by atoms with Crippen molar-refractivity contribution in [3.63, 3.8) is 0 Å². The molecular formula is C12H9O2. The van der Waals surface area contributed by atoms with Crippen LogP contribution in [0.2, 0.25) is 0 Å². The number of carbonyl (C=O) groups is 1. The molecule has 0 aliphatic heterocycles. The highest BCUT2D eigenvalue weighted by molar-refractivity contribution is 5.93. The Morgan fingerprint density at radius 2 is 1.79 bits per heavy atom. The van der Waals surface area contributed by atoms with Crippen molar-refractivity contribution in [1.82, 2.24) is 0 Å². The second kappa shape index (κ2) is 3.50. The van der Waals surface area contributed by atoms with E-state index in [-0.39, 0.29) is 0 Å². The molecule has 2 rings (SSSR count). The van der Waals surface area contributed by atoms with Crippen LogP contribution in [0.3, 0.4) is 0 Å². The van der Waals surface area contributed by atoms with Crippen molar-refractivity contribution in [2.75, 3.05) is 0 Å². The molecule has 0 atom stereocenters. The normalized spacial score (nSPS) is 10.3. The molecule has 14 heavy (non-hydrogen) atoms. The Kier molecular flexibility index (Phi) is 2.19. The summed E-state index contributed by atoms with van der Waals surface area (Å²) in [5.41, 5.74) is 0.746. The largest absolute Gasteiger partial charge is 0.481 e. The molecule has 2 heteroatoms. The highest BCUT2D eigenvalue weighted by Gasteiger charge is 2.04. The molecule has 0 bridgehead atoms. The number of carboxylic acid groups (broad SMARTS) is 1. The zero-order valence-corrected chi connectivity index (χ0v) is 7.47. The van der Waals surface area contributed by atoms with Crippen LogP contribution in [0.5, 0.6) is 0 Å². The van der Waals surface area contributed by atoms with Crippen LogP contribution in [0.25, 0.3) is 10.8 Å². The summed E-state index contributed by atoms with van der Waals surface area (Å²) in [6.45, 7) is 0. The Bertz CT molecular complexity index is 469. The molecule has 0 aliphatic rings. The van der Waals surface area contributed by atoms with Crippen LogP contribution in [0.4, 0.5) is 0 Å². The van der Waals surface area contributed by atoms with Gasteiger partial charge >= 0.3 is 5.97 Å². The number of hydrogen-bond acceptors (Lipinski definition) is 1. The molecule has 1 N–H and O–H groups in total. The minimum absolute atomic E-state index is 0.746. The van der Waals surface area contributed by atoms with E-state index in [1.165, 1.54) is 6.42 Å². The van der Waals surface area contributed by atoms with E-state index < -0.39 is 5.97 Å². The van der Waals surface area contributed by atoms with E-state index in [0.29, 0.717) is 0 Å². The molecule has 0 aliphatic carbocycles. The van der Waals surface area contributed by atoms with E-state index >= 15 is 0 Å². The number of carboxylic acids is 1. The van der Waals surface area contributed by atoms with Gasteiger partial charge in [-0.2, -0.15) is 0 Å². The number of rotatable bonds is 2. The first-order valence-electron chi connectivity index (χ1n) is 4.33. The van der Waals surface area contributed by atoms with Gasteiger partial charge in [0.1, 0.15) is 0 Å². The van der Waals surface area contributed by atoms with E-state index in [1.54, 1.807) is 6.07 Å². The molecule has 69 valence electrons. The molecule has 0 spiro atoms. The van der Waals surface area contributed by atoms with Crippen LogP contribution in [-0.4, -0.2) is 11.1 Å². The van der Waals surface area contributed by atoms with Crippen LogP contribution in [0.15, 0.2) is 42.5 Å². The maximum Gasteiger partial charge on any atom is 0.312 e. The summed E-state index contributed by atoms with van der Waals surface area (Å²) in [6.07, 6.45) is 1.22. The smallest absolute Gasteiger partial charge is 0.312 e. The summed E-state index contributed by atoms with van der Waals surface area (Å²) in [5.74, 6) is -0.915. The molecular weight excluding hydrogens is 176 g/mol. The third kappa shape index (κ3) is 1.59. The van der Waals surface area contributed by atoms with Gasteiger partial charge in [-0.25, -0.2) is 0 Å². The van der Waals surface area contributed by atoms with Crippen molar-refractivity contribution in [2.45, 2.75) is 0 Å². The summed E-state index contributed by atoms with van der Waals surface area (Å²) in [4.78, 5) is 10.6. The molecule has 2 nitrogen and oxygen atoms in total. The number of hydrogen-bond donors (Lipinski definition) is 1. The average molecular weight is 185 g/mol. The number of benzene rings is 2. The van der Waals surface area contributed by atoms with Crippen molar-refractivity contribution < 1.29 is 9.90 Å². The Hall–Kier alpha value is -1.83. The van der Waals surface area contributed by atoms with Crippen LogP contribution < -0.4 is 0 Å². The van der Waals surface area contributed by atoms with Crippen LogP contribution in [0, 0.1) is 6.42 Å². The minimum Gasteiger partial charge on any atom is -0.481 e. The zero-order chi connectivity index (χ0) is 9.97. The minimum atomic E-state index is -0.915. The van der Waals surface area contributed by atoms with E-state index in [2.05, 4.69) is 0 Å². The standard InChI is InChI=1S/C12H9O2/c13-12(14)8-10-6-3-5-9-4-1-2-7-11(9)10/h1-8H,(H,13,14). The van der Waals surface area contributed by atoms with E-state index in [9.17, 15) is 4.79 Å². The third-order valence-electron chi connectivity index (χ3n) is 2.10. The fourth-order valence-electron chi connectivity index (χ4n) is 1.51. The second-order valence-electron chi connectivity index (χ2n) is 3.05. The Balaban J connectivity index is 2.59. The maximum absolute atomic E-state index is 10.6. The first-order chi connectivity index (χ1) is 6.77. The molecule has 2 aromatic carbocycles. The molecule has 0 heterocycles. The van der Waals surface area contributed by atoms with Gasteiger partial charge in [0.2, 0.25) is 0 Å². The van der Waals surface area contributed by atoms with E-state index in [0.717, 1.165) is 16.3 Å². The lowest BCUT2D eigenvalue weighted by Crippen LogP contribution is -1.97. The van der Waals surface area contributed by atoms with Crippen molar-refractivity contribution in [1.29, 1.82) is 0 Å². The van der Waals surface area contributed by atoms with Crippen molar-refractivity contribution in [2.24, 2.45) is 0 Å². The summed E-state index contributed by atoms with van der Waals surface area (Å²) in [5, 5.41) is 10.7. The van der Waals surface area contributed by atoms with Crippen molar-refractivity contribution >= 4 is 16.7 Å². The zero-order valence-electron chi connectivity index (χ0n) is 7.47. The third-order valence-corrected chi connectivity index (χ3v) is 2.10. The van der Waals surface area contributed by atoms with Gasteiger partial charge in [-0.05, 0) is 16.3 Å². The van der Waals surface area contributed by atoms with Gasteiger partial charge in [-0.1, -0.05) is 42.5 Å². The Morgan fingerprint density at radius 1 is 1.07 bits per heavy atom. The van der Waals surface area contributed by atoms with Gasteiger partial charge in [-0.15, -0.1) is 0 Å². The molecule has 0 unspecified atom stereocenters. The molecule has 0 aromatic heterocycles. The fourth-order valence-corrected chi connectivity index (χ4v) is 1.51. The highest BCUT2D eigenvalue weighted by atomic mass is 16.4. The first kappa shape index (κ1) is 8.75. The van der Waals surface area contributed by atoms with Gasteiger partial charge in [0, 0.05) is 0 Å². The van der Waals surface area contributed by atoms with Gasteiger partial charge < -0.3 is 5.11 Å². The van der Waals surface area contributed by atoms with Crippen LogP contribution in [0.1, 0.15) is 5.56 Å². The predicted octanol–water partition coefficient (Wildman–Crippen LogP) is 2.48. The van der Waals surface area contributed by atoms with Crippen molar-refractivity contribution in [3.05, 3.63) is 54.4 Å². The van der Waals surface area contributed by atoms with Gasteiger partial charge in [0.15, 0.2) is 0 Å². The molecule has 0 saturated heterocycles. The lowest BCUT2D eigenvalue weighted by atomic mass is 10.0. The number of fused-ring (bicyclic) bond motifs is 1.